The number of rotatable bonds is 4. The highest BCUT2D eigenvalue weighted by Gasteiger charge is 2.15. The number of piperidine rings is 1. The highest BCUT2D eigenvalue weighted by atomic mass is 127. The molecule has 0 unspecified atom stereocenters. The minimum Gasteiger partial charge on any atom is -0.497 e. The van der Waals surface area contributed by atoms with Gasteiger partial charge in [0, 0.05) is 24.8 Å². The fourth-order valence-electron chi connectivity index (χ4n) is 2.28. The summed E-state index contributed by atoms with van der Waals surface area (Å²) < 4.78 is 5.13. The minimum atomic E-state index is 0. The number of halogens is 1. The molecule has 1 aliphatic heterocycles. The second-order valence-corrected chi connectivity index (χ2v) is 5.00. The Morgan fingerprint density at radius 1 is 1.36 bits per heavy atom. The van der Waals surface area contributed by atoms with Gasteiger partial charge >= 0.3 is 0 Å². The number of ether oxygens (including phenoxy) is 1. The molecule has 22 heavy (non-hydrogen) atoms. The maximum atomic E-state index is 12.0. The summed E-state index contributed by atoms with van der Waals surface area (Å²) in [4.78, 5) is 17.9. The molecule has 1 aromatic carbocycles. The molecule has 0 atom stereocenters. The van der Waals surface area contributed by atoms with Gasteiger partial charge in [-0.2, -0.15) is 0 Å². The lowest BCUT2D eigenvalue weighted by atomic mass is 10.1. The SMILES string of the molecule is COc1cccc(NC(N)=NCC(=O)N2CCCCC2)c1.I. The Balaban J connectivity index is 0.00000242. The quantitative estimate of drug-likeness (QED) is 0.446. The van der Waals surface area contributed by atoms with E-state index in [1.54, 1.807) is 7.11 Å². The van der Waals surface area contributed by atoms with Gasteiger partial charge in [0.05, 0.1) is 7.11 Å². The van der Waals surface area contributed by atoms with Gasteiger partial charge in [0.15, 0.2) is 5.96 Å². The lowest BCUT2D eigenvalue weighted by molar-refractivity contribution is -0.130. The first kappa shape index (κ1) is 18.5. The van der Waals surface area contributed by atoms with Gasteiger partial charge in [-0.1, -0.05) is 6.07 Å². The van der Waals surface area contributed by atoms with Gasteiger partial charge in [-0.15, -0.1) is 24.0 Å². The summed E-state index contributed by atoms with van der Waals surface area (Å²) in [6.07, 6.45) is 3.35. The molecule has 122 valence electrons. The number of carbonyl (C=O) groups is 1. The van der Waals surface area contributed by atoms with Crippen LogP contribution in [0.1, 0.15) is 19.3 Å². The van der Waals surface area contributed by atoms with E-state index in [0.717, 1.165) is 37.4 Å². The van der Waals surface area contributed by atoms with Gasteiger partial charge in [-0.05, 0) is 31.4 Å². The summed E-state index contributed by atoms with van der Waals surface area (Å²) in [5, 5.41) is 2.95. The van der Waals surface area contributed by atoms with Gasteiger partial charge in [0.25, 0.3) is 0 Å². The van der Waals surface area contributed by atoms with Crippen LogP contribution < -0.4 is 15.8 Å². The average molecular weight is 418 g/mol. The standard InChI is InChI=1S/C15H22N4O2.HI/c1-21-13-7-5-6-12(10-13)18-15(16)17-11-14(20)19-8-3-2-4-9-19;/h5-7,10H,2-4,8-9,11H2,1H3,(H3,16,17,18);1H. The summed E-state index contributed by atoms with van der Waals surface area (Å²) in [7, 11) is 1.61. The molecule has 1 aromatic rings. The van der Waals surface area contributed by atoms with E-state index < -0.39 is 0 Å². The van der Waals surface area contributed by atoms with Gasteiger partial charge in [0.2, 0.25) is 5.91 Å². The molecule has 0 aliphatic carbocycles. The molecule has 1 aliphatic rings. The van der Waals surface area contributed by atoms with Crippen LogP contribution in [0, 0.1) is 0 Å². The predicted molar refractivity (Wildman–Crippen MR) is 99.0 cm³/mol. The summed E-state index contributed by atoms with van der Waals surface area (Å²) in [5.74, 6) is 0.996. The summed E-state index contributed by atoms with van der Waals surface area (Å²) in [5.41, 5.74) is 6.58. The van der Waals surface area contributed by atoms with E-state index in [9.17, 15) is 4.79 Å². The molecule has 0 radical (unpaired) electrons. The van der Waals surface area contributed by atoms with Crippen molar-refractivity contribution < 1.29 is 9.53 Å². The van der Waals surface area contributed by atoms with Crippen molar-refractivity contribution in [2.75, 3.05) is 32.1 Å². The van der Waals surface area contributed by atoms with Crippen molar-refractivity contribution in [3.05, 3.63) is 24.3 Å². The molecule has 0 spiro atoms. The first-order valence-corrected chi connectivity index (χ1v) is 7.18. The molecule has 0 aromatic heterocycles. The molecule has 1 fully saturated rings. The number of benzene rings is 1. The van der Waals surface area contributed by atoms with Crippen LogP contribution >= 0.6 is 24.0 Å². The number of methoxy groups -OCH3 is 1. The van der Waals surface area contributed by atoms with Crippen molar-refractivity contribution in [3.63, 3.8) is 0 Å². The van der Waals surface area contributed by atoms with Crippen molar-refractivity contribution in [2.45, 2.75) is 19.3 Å². The summed E-state index contributed by atoms with van der Waals surface area (Å²) in [6.45, 7) is 1.75. The van der Waals surface area contributed by atoms with Crippen LogP contribution in [0.4, 0.5) is 5.69 Å². The fourth-order valence-corrected chi connectivity index (χ4v) is 2.28. The zero-order valence-corrected chi connectivity index (χ0v) is 15.1. The maximum absolute atomic E-state index is 12.0. The second kappa shape index (κ2) is 9.50. The Bertz CT molecular complexity index is 516. The van der Waals surface area contributed by atoms with Crippen LogP contribution in [0.15, 0.2) is 29.3 Å². The van der Waals surface area contributed by atoms with E-state index in [4.69, 9.17) is 10.5 Å². The largest absolute Gasteiger partial charge is 0.497 e. The van der Waals surface area contributed by atoms with E-state index in [0.29, 0.717) is 0 Å². The lowest BCUT2D eigenvalue weighted by Crippen LogP contribution is -2.37. The second-order valence-electron chi connectivity index (χ2n) is 5.00. The summed E-state index contributed by atoms with van der Waals surface area (Å²) >= 11 is 0. The number of amides is 1. The van der Waals surface area contributed by atoms with Gasteiger partial charge < -0.3 is 20.7 Å². The Kier molecular flexibility index (Phi) is 8.00. The van der Waals surface area contributed by atoms with Crippen LogP contribution in [0.5, 0.6) is 5.75 Å². The Hall–Kier alpha value is -1.51. The molecule has 0 saturated carbocycles. The minimum absolute atomic E-state index is 0. The topological polar surface area (TPSA) is 80.0 Å². The first-order valence-electron chi connectivity index (χ1n) is 7.18. The van der Waals surface area contributed by atoms with Gasteiger partial charge in [-0.3, -0.25) is 4.79 Å². The smallest absolute Gasteiger partial charge is 0.244 e. The maximum Gasteiger partial charge on any atom is 0.244 e. The van der Waals surface area contributed by atoms with Crippen LogP contribution in [0.2, 0.25) is 0 Å². The number of guanidine groups is 1. The van der Waals surface area contributed by atoms with Crippen LogP contribution in [0.3, 0.4) is 0 Å². The highest BCUT2D eigenvalue weighted by Crippen LogP contribution is 2.16. The van der Waals surface area contributed by atoms with Crippen LogP contribution in [-0.2, 0) is 4.79 Å². The third kappa shape index (κ3) is 5.70. The Morgan fingerprint density at radius 2 is 2.09 bits per heavy atom. The van der Waals surface area contributed by atoms with E-state index in [-0.39, 0.29) is 42.4 Å². The molecule has 2 rings (SSSR count). The predicted octanol–water partition coefficient (Wildman–Crippen LogP) is 2.05. The third-order valence-electron chi connectivity index (χ3n) is 3.44. The van der Waals surface area contributed by atoms with Crippen molar-refractivity contribution in [2.24, 2.45) is 10.7 Å². The normalized spacial score (nSPS) is 15.0. The lowest BCUT2D eigenvalue weighted by Gasteiger charge is -2.26. The molecule has 3 N–H and O–H groups in total. The van der Waals surface area contributed by atoms with Crippen LogP contribution in [-0.4, -0.2) is 43.5 Å². The number of hydrogen-bond acceptors (Lipinski definition) is 3. The fraction of sp³-hybridized carbons (Fsp3) is 0.467. The Morgan fingerprint density at radius 3 is 2.77 bits per heavy atom. The Labute approximate surface area is 148 Å². The molecular weight excluding hydrogens is 395 g/mol. The zero-order valence-electron chi connectivity index (χ0n) is 12.7. The molecular formula is C15H23IN4O2. The summed E-state index contributed by atoms with van der Waals surface area (Å²) in [6, 6.07) is 7.37. The van der Waals surface area contributed by atoms with Gasteiger partial charge in [-0.25, -0.2) is 4.99 Å². The monoisotopic (exact) mass is 418 g/mol. The van der Waals surface area contributed by atoms with Crippen molar-refractivity contribution in [1.82, 2.24) is 4.90 Å². The third-order valence-corrected chi connectivity index (χ3v) is 3.44. The molecule has 7 heteroatoms. The zero-order chi connectivity index (χ0) is 15.1. The molecule has 0 bridgehead atoms. The number of likely N-dealkylation sites (tertiary alicyclic amines) is 1. The highest BCUT2D eigenvalue weighted by molar-refractivity contribution is 14.0. The molecule has 1 heterocycles. The van der Waals surface area contributed by atoms with E-state index in [1.807, 2.05) is 29.2 Å². The number of nitrogens with two attached hydrogens (primary N) is 1. The number of nitrogens with zero attached hydrogens (tertiary/aromatic N) is 2. The first-order chi connectivity index (χ1) is 10.2. The van der Waals surface area contributed by atoms with Crippen molar-refractivity contribution in [3.8, 4) is 5.75 Å². The molecule has 6 nitrogen and oxygen atoms in total. The number of hydrogen-bond donors (Lipinski definition) is 2. The van der Waals surface area contributed by atoms with Gasteiger partial charge in [0.1, 0.15) is 12.3 Å². The van der Waals surface area contributed by atoms with E-state index in [1.165, 1.54) is 6.42 Å². The number of nitrogens with one attached hydrogen (secondary N) is 1. The number of aliphatic imine (C=N–C) groups is 1. The van der Waals surface area contributed by atoms with Crippen LogP contribution in [0.25, 0.3) is 0 Å². The molecule has 1 saturated heterocycles. The van der Waals surface area contributed by atoms with Crippen molar-refractivity contribution in [1.29, 1.82) is 0 Å². The van der Waals surface area contributed by atoms with E-state index in [2.05, 4.69) is 10.3 Å². The van der Waals surface area contributed by atoms with E-state index >= 15 is 0 Å². The number of anilines is 1. The average Bonchev–Trinajstić information content (AvgIpc) is 2.53. The molecule has 1 amide bonds. The van der Waals surface area contributed by atoms with Crippen molar-refractivity contribution >= 4 is 41.5 Å². The number of carbonyl (C=O) groups excluding carboxylic acids is 1.